The highest BCUT2D eigenvalue weighted by Gasteiger charge is 2.29. The molecule has 0 saturated carbocycles. The predicted molar refractivity (Wildman–Crippen MR) is 103 cm³/mol. The maximum absolute atomic E-state index is 12.6. The van der Waals surface area contributed by atoms with Crippen molar-refractivity contribution in [2.45, 2.75) is 24.8 Å². The molecule has 1 heterocycles. The molecule has 146 valence electrons. The molecule has 0 fully saturated rings. The highest BCUT2D eigenvalue weighted by Crippen LogP contribution is 2.29. The molecule has 1 amide bonds. The minimum Gasteiger partial charge on any atom is -0.325 e. The second-order valence-electron chi connectivity index (χ2n) is 6.24. The van der Waals surface area contributed by atoms with Crippen LogP contribution in [0.5, 0.6) is 0 Å². The Morgan fingerprint density at radius 1 is 1.11 bits per heavy atom. The molecule has 28 heavy (non-hydrogen) atoms. The van der Waals surface area contributed by atoms with Crippen LogP contribution in [0.4, 0.5) is 18.9 Å². The summed E-state index contributed by atoms with van der Waals surface area (Å²) < 4.78 is 39.7. The Labute approximate surface area is 164 Å². The van der Waals surface area contributed by atoms with Crippen LogP contribution < -0.4 is 5.32 Å². The van der Waals surface area contributed by atoms with Crippen LogP contribution in [0.2, 0.25) is 0 Å². The number of thioether (sulfide) groups is 1. The number of aromatic nitrogens is 2. The topological polar surface area (TPSA) is 46.9 Å². The summed E-state index contributed by atoms with van der Waals surface area (Å²) in [5, 5.41) is 3.29. The van der Waals surface area contributed by atoms with Gasteiger partial charge in [0.25, 0.3) is 0 Å². The molecule has 3 aromatic rings. The number of rotatable bonds is 6. The van der Waals surface area contributed by atoms with Gasteiger partial charge in [-0.2, -0.15) is 13.2 Å². The van der Waals surface area contributed by atoms with Gasteiger partial charge in [0.15, 0.2) is 5.16 Å². The Balaban J connectivity index is 1.55. The van der Waals surface area contributed by atoms with Gasteiger partial charge < -0.3 is 9.88 Å². The molecule has 0 aliphatic heterocycles. The number of amides is 1. The molecule has 0 bridgehead atoms. The highest BCUT2D eigenvalue weighted by atomic mass is 32.2. The Kier molecular flexibility index (Phi) is 6.08. The van der Waals surface area contributed by atoms with Crippen molar-refractivity contribution in [1.82, 2.24) is 9.55 Å². The monoisotopic (exact) mass is 405 g/mol. The van der Waals surface area contributed by atoms with E-state index in [4.69, 9.17) is 0 Å². The maximum atomic E-state index is 12.6. The van der Waals surface area contributed by atoms with Gasteiger partial charge in [0.05, 0.1) is 11.3 Å². The van der Waals surface area contributed by atoms with Gasteiger partial charge >= 0.3 is 6.18 Å². The first-order valence-corrected chi connectivity index (χ1v) is 9.46. The van der Waals surface area contributed by atoms with Crippen LogP contribution in [0.1, 0.15) is 16.7 Å². The van der Waals surface area contributed by atoms with E-state index in [-0.39, 0.29) is 11.7 Å². The van der Waals surface area contributed by atoms with E-state index in [0.717, 1.165) is 17.7 Å². The van der Waals surface area contributed by atoms with Crippen LogP contribution >= 0.6 is 11.8 Å². The molecule has 0 unspecified atom stereocenters. The molecule has 0 aliphatic carbocycles. The van der Waals surface area contributed by atoms with Crippen molar-refractivity contribution in [2.75, 3.05) is 11.1 Å². The van der Waals surface area contributed by atoms with E-state index < -0.39 is 11.7 Å². The average molecular weight is 405 g/mol. The van der Waals surface area contributed by atoms with E-state index in [1.54, 1.807) is 6.20 Å². The number of anilines is 1. The summed E-state index contributed by atoms with van der Waals surface area (Å²) in [5.74, 6) is -0.207. The van der Waals surface area contributed by atoms with Gasteiger partial charge in [-0.1, -0.05) is 41.6 Å². The minimum absolute atomic E-state index is 0.103. The molecule has 3 rings (SSSR count). The lowest BCUT2D eigenvalue weighted by molar-refractivity contribution is -0.137. The van der Waals surface area contributed by atoms with Crippen LogP contribution in [0.25, 0.3) is 0 Å². The molecule has 1 N–H and O–H groups in total. The third-order valence-corrected chi connectivity index (χ3v) is 4.98. The zero-order chi connectivity index (χ0) is 20.1. The van der Waals surface area contributed by atoms with Crippen LogP contribution in [0.3, 0.4) is 0 Å². The molecule has 4 nitrogen and oxygen atoms in total. The zero-order valence-corrected chi connectivity index (χ0v) is 15.8. The number of hydrogen-bond acceptors (Lipinski definition) is 3. The van der Waals surface area contributed by atoms with Gasteiger partial charge in [0, 0.05) is 24.6 Å². The van der Waals surface area contributed by atoms with E-state index in [0.29, 0.717) is 17.4 Å². The zero-order valence-electron chi connectivity index (χ0n) is 15.0. The number of alkyl halides is 3. The quantitative estimate of drug-likeness (QED) is 0.588. The molecular weight excluding hydrogens is 387 g/mol. The second-order valence-corrected chi connectivity index (χ2v) is 7.18. The van der Waals surface area contributed by atoms with Gasteiger partial charge in [-0.3, -0.25) is 4.79 Å². The fourth-order valence-corrected chi connectivity index (χ4v) is 3.27. The third-order valence-electron chi connectivity index (χ3n) is 3.98. The Morgan fingerprint density at radius 2 is 1.79 bits per heavy atom. The van der Waals surface area contributed by atoms with Crippen molar-refractivity contribution in [2.24, 2.45) is 0 Å². The van der Waals surface area contributed by atoms with Gasteiger partial charge in [0.2, 0.25) is 5.91 Å². The predicted octanol–water partition coefficient (Wildman–Crippen LogP) is 4.99. The molecule has 0 saturated heterocycles. The molecule has 8 heteroatoms. The number of aryl methyl sites for hydroxylation is 1. The minimum atomic E-state index is -4.40. The van der Waals surface area contributed by atoms with Gasteiger partial charge in [-0.15, -0.1) is 0 Å². The smallest absolute Gasteiger partial charge is 0.325 e. The number of carbonyl (C=O) groups excluding carboxylic acids is 1. The first-order valence-electron chi connectivity index (χ1n) is 8.48. The van der Waals surface area contributed by atoms with Crippen molar-refractivity contribution in [3.63, 3.8) is 0 Å². The molecule has 1 aromatic heterocycles. The maximum Gasteiger partial charge on any atom is 0.416 e. The Bertz CT molecular complexity index is 935. The number of imidazole rings is 1. The number of benzene rings is 2. The summed E-state index contributed by atoms with van der Waals surface area (Å²) in [6.07, 6.45) is -0.882. The Morgan fingerprint density at radius 3 is 2.43 bits per heavy atom. The van der Waals surface area contributed by atoms with Crippen LogP contribution in [-0.4, -0.2) is 21.2 Å². The number of carbonyl (C=O) groups is 1. The summed E-state index contributed by atoms with van der Waals surface area (Å²) in [6.45, 7) is 2.67. The lowest BCUT2D eigenvalue weighted by Gasteiger charge is -2.10. The second kappa shape index (κ2) is 8.52. The van der Waals surface area contributed by atoms with Crippen LogP contribution in [0, 0.1) is 6.92 Å². The number of hydrogen-bond donors (Lipinski definition) is 1. The highest BCUT2D eigenvalue weighted by molar-refractivity contribution is 7.99. The summed E-state index contributed by atoms with van der Waals surface area (Å²) in [5.41, 5.74) is 1.88. The fraction of sp³-hybridized carbons (Fsp3) is 0.200. The van der Waals surface area contributed by atoms with Crippen molar-refractivity contribution in [3.8, 4) is 0 Å². The van der Waals surface area contributed by atoms with E-state index in [1.165, 1.54) is 29.5 Å². The van der Waals surface area contributed by atoms with Gasteiger partial charge in [-0.25, -0.2) is 4.98 Å². The van der Waals surface area contributed by atoms with Crippen LogP contribution in [0.15, 0.2) is 66.1 Å². The lowest BCUT2D eigenvalue weighted by atomic mass is 10.1. The Hall–Kier alpha value is -2.74. The average Bonchev–Trinajstić information content (AvgIpc) is 3.09. The first kappa shape index (κ1) is 20.0. The number of nitrogens with zero attached hydrogens (tertiary/aromatic N) is 2. The number of nitrogens with one attached hydrogen (secondary N) is 1. The van der Waals surface area contributed by atoms with Crippen LogP contribution in [-0.2, 0) is 17.5 Å². The summed E-state index contributed by atoms with van der Waals surface area (Å²) in [4.78, 5) is 16.4. The van der Waals surface area contributed by atoms with Crippen molar-refractivity contribution < 1.29 is 18.0 Å². The van der Waals surface area contributed by atoms with Gasteiger partial charge in [0.1, 0.15) is 0 Å². The molecule has 0 radical (unpaired) electrons. The largest absolute Gasteiger partial charge is 0.416 e. The molecule has 0 spiro atoms. The summed E-state index contributed by atoms with van der Waals surface area (Å²) in [7, 11) is 0. The number of halogens is 3. The summed E-state index contributed by atoms with van der Waals surface area (Å²) >= 11 is 1.27. The lowest BCUT2D eigenvalue weighted by Crippen LogP contribution is -2.15. The molecule has 0 atom stereocenters. The normalized spacial score (nSPS) is 11.4. The molecule has 0 aliphatic rings. The third kappa shape index (κ3) is 5.39. The van der Waals surface area contributed by atoms with E-state index in [9.17, 15) is 18.0 Å². The van der Waals surface area contributed by atoms with Gasteiger partial charge in [-0.05, 0) is 36.8 Å². The van der Waals surface area contributed by atoms with E-state index >= 15 is 0 Å². The van der Waals surface area contributed by atoms with Crippen molar-refractivity contribution in [1.29, 1.82) is 0 Å². The van der Waals surface area contributed by atoms with E-state index in [2.05, 4.69) is 10.3 Å². The first-order chi connectivity index (χ1) is 13.3. The molecular formula is C20H18F3N3OS. The SMILES string of the molecule is Cc1ccc(Cn2ccnc2SCC(=O)Nc2ccc(C(F)(F)F)cc2)cc1. The fourth-order valence-electron chi connectivity index (χ4n) is 2.52. The van der Waals surface area contributed by atoms with Crippen molar-refractivity contribution in [3.05, 3.63) is 77.6 Å². The summed E-state index contributed by atoms with van der Waals surface area (Å²) in [6, 6.07) is 12.5. The molecule has 2 aromatic carbocycles. The standard InChI is InChI=1S/C20H18F3N3OS/c1-14-2-4-15(5-3-14)12-26-11-10-24-19(26)28-13-18(27)25-17-8-6-16(7-9-17)20(21,22)23/h2-11H,12-13H2,1H3,(H,25,27). The van der Waals surface area contributed by atoms with E-state index in [1.807, 2.05) is 42.0 Å². The van der Waals surface area contributed by atoms with Crippen molar-refractivity contribution >= 4 is 23.4 Å².